The molecule has 1 aromatic carbocycles. The van der Waals surface area contributed by atoms with Gasteiger partial charge in [0.15, 0.2) is 0 Å². The topological polar surface area (TPSA) is 110 Å². The first-order valence-electron chi connectivity index (χ1n) is 8.83. The Hall–Kier alpha value is -3.55. The number of amides is 1. The summed E-state index contributed by atoms with van der Waals surface area (Å²) in [5.74, 6) is 1.33. The van der Waals surface area contributed by atoms with Crippen molar-refractivity contribution >= 4 is 17.7 Å². The zero-order valence-corrected chi connectivity index (χ0v) is 16.4. The molecule has 28 heavy (non-hydrogen) atoms. The number of aromatic nitrogens is 4. The largest absolute Gasteiger partial charge is 0.384 e. The monoisotopic (exact) mass is 377 g/mol. The molecular formula is C20H23N7O. The number of anilines is 2. The van der Waals surface area contributed by atoms with Crippen LogP contribution in [0, 0.1) is 13.8 Å². The van der Waals surface area contributed by atoms with Crippen molar-refractivity contribution in [3.05, 3.63) is 59.2 Å². The van der Waals surface area contributed by atoms with Gasteiger partial charge in [0.05, 0.1) is 12.2 Å². The van der Waals surface area contributed by atoms with Gasteiger partial charge in [-0.05, 0) is 32.0 Å². The van der Waals surface area contributed by atoms with Crippen LogP contribution in [0.5, 0.6) is 0 Å². The number of nitrogens with zero attached hydrogens (tertiary/aromatic N) is 5. The number of nitrogens with one attached hydrogen (secondary N) is 1. The van der Waals surface area contributed by atoms with E-state index in [0.717, 1.165) is 17.0 Å². The Morgan fingerprint density at radius 3 is 2.25 bits per heavy atom. The average Bonchev–Trinajstić information content (AvgIpc) is 2.65. The summed E-state index contributed by atoms with van der Waals surface area (Å²) in [7, 11) is 3.71. The number of rotatable bonds is 5. The molecule has 3 N–H and O–H groups in total. The number of hydrogen-bond acceptors (Lipinski definition) is 7. The average molecular weight is 377 g/mol. The van der Waals surface area contributed by atoms with Crippen LogP contribution in [-0.4, -0.2) is 39.9 Å². The molecule has 0 spiro atoms. The molecule has 2 aromatic heterocycles. The lowest BCUT2D eigenvalue weighted by Crippen LogP contribution is -2.24. The Balaban J connectivity index is 1.72. The Labute approximate surface area is 163 Å². The van der Waals surface area contributed by atoms with Gasteiger partial charge in [0.1, 0.15) is 11.6 Å². The van der Waals surface area contributed by atoms with Crippen LogP contribution < -0.4 is 16.0 Å². The number of carbonyl (C=O) groups excluding carboxylic acids is 1. The van der Waals surface area contributed by atoms with Gasteiger partial charge in [-0.25, -0.2) is 15.0 Å². The minimum atomic E-state index is -0.189. The third kappa shape index (κ3) is 4.59. The van der Waals surface area contributed by atoms with Gasteiger partial charge < -0.3 is 16.0 Å². The maximum atomic E-state index is 12.4. The van der Waals surface area contributed by atoms with Crippen LogP contribution in [0.4, 0.5) is 11.8 Å². The van der Waals surface area contributed by atoms with Crippen molar-refractivity contribution in [1.82, 2.24) is 25.3 Å². The highest BCUT2D eigenvalue weighted by molar-refractivity contribution is 5.94. The quantitative estimate of drug-likeness (QED) is 0.701. The fourth-order valence-electron chi connectivity index (χ4n) is 2.73. The summed E-state index contributed by atoms with van der Waals surface area (Å²) in [6, 6.07) is 10.8. The summed E-state index contributed by atoms with van der Waals surface area (Å²) in [6.07, 6.45) is 0. The van der Waals surface area contributed by atoms with Gasteiger partial charge in [-0.1, -0.05) is 12.1 Å². The summed E-state index contributed by atoms with van der Waals surface area (Å²) in [6.45, 7) is 4.08. The highest BCUT2D eigenvalue weighted by atomic mass is 16.1. The lowest BCUT2D eigenvalue weighted by atomic mass is 10.1. The van der Waals surface area contributed by atoms with Crippen LogP contribution in [0.2, 0.25) is 0 Å². The van der Waals surface area contributed by atoms with Gasteiger partial charge in [0, 0.05) is 42.7 Å². The van der Waals surface area contributed by atoms with E-state index >= 15 is 0 Å². The second kappa shape index (κ2) is 7.99. The number of nitrogen functional groups attached to an aromatic ring is 1. The summed E-state index contributed by atoms with van der Waals surface area (Å²) in [5.41, 5.74) is 9.73. The molecule has 8 heteroatoms. The van der Waals surface area contributed by atoms with E-state index in [-0.39, 0.29) is 12.5 Å². The highest BCUT2D eigenvalue weighted by Crippen LogP contribution is 2.21. The Morgan fingerprint density at radius 1 is 1.00 bits per heavy atom. The van der Waals surface area contributed by atoms with Crippen molar-refractivity contribution in [1.29, 1.82) is 0 Å². The second-order valence-electron chi connectivity index (χ2n) is 6.70. The highest BCUT2D eigenvalue weighted by Gasteiger charge is 2.10. The van der Waals surface area contributed by atoms with E-state index in [9.17, 15) is 4.79 Å². The minimum absolute atomic E-state index is 0.189. The zero-order chi connectivity index (χ0) is 20.3. The molecule has 0 saturated heterocycles. The van der Waals surface area contributed by atoms with Crippen LogP contribution in [-0.2, 0) is 6.54 Å². The van der Waals surface area contributed by atoms with E-state index in [0.29, 0.717) is 28.8 Å². The third-order valence-electron chi connectivity index (χ3n) is 4.01. The van der Waals surface area contributed by atoms with Gasteiger partial charge in [0.25, 0.3) is 5.91 Å². The standard InChI is InChI=1S/C20H23N7O/c1-12-9-13(2)24-18(23-12)11-22-19(28)15-7-5-14(6-8-15)16-10-17(21)26-20(25-16)27(3)4/h5-10H,11H2,1-4H3,(H,22,28)(H2,21,25,26). The number of aryl methyl sites for hydroxylation is 2. The predicted octanol–water partition coefficient (Wildman–Crippen LogP) is 2.13. The number of hydrogen-bond donors (Lipinski definition) is 2. The number of nitrogens with two attached hydrogens (primary N) is 1. The molecule has 0 aliphatic carbocycles. The smallest absolute Gasteiger partial charge is 0.251 e. The third-order valence-corrected chi connectivity index (χ3v) is 4.01. The van der Waals surface area contributed by atoms with E-state index < -0.39 is 0 Å². The molecule has 144 valence electrons. The maximum Gasteiger partial charge on any atom is 0.251 e. The van der Waals surface area contributed by atoms with Gasteiger partial charge in [-0.3, -0.25) is 4.79 Å². The Morgan fingerprint density at radius 2 is 1.64 bits per heavy atom. The van der Waals surface area contributed by atoms with Crippen molar-refractivity contribution in [3.8, 4) is 11.3 Å². The van der Waals surface area contributed by atoms with Crippen LogP contribution in [0.3, 0.4) is 0 Å². The Kier molecular flexibility index (Phi) is 5.49. The summed E-state index contributed by atoms with van der Waals surface area (Å²) in [5, 5.41) is 2.85. The van der Waals surface area contributed by atoms with E-state index in [2.05, 4.69) is 25.3 Å². The van der Waals surface area contributed by atoms with Crippen molar-refractivity contribution in [3.63, 3.8) is 0 Å². The Bertz CT molecular complexity index is 980. The molecule has 0 unspecified atom stereocenters. The molecular weight excluding hydrogens is 354 g/mol. The van der Waals surface area contributed by atoms with E-state index in [1.165, 1.54) is 0 Å². The van der Waals surface area contributed by atoms with E-state index in [1.54, 1.807) is 23.1 Å². The van der Waals surface area contributed by atoms with Gasteiger partial charge >= 0.3 is 0 Å². The molecule has 0 fully saturated rings. The zero-order valence-electron chi connectivity index (χ0n) is 16.4. The molecule has 0 radical (unpaired) electrons. The number of benzene rings is 1. The fraction of sp³-hybridized carbons (Fsp3) is 0.250. The maximum absolute atomic E-state index is 12.4. The summed E-state index contributed by atoms with van der Waals surface area (Å²) in [4.78, 5) is 31.5. The SMILES string of the molecule is Cc1cc(C)nc(CNC(=O)c2ccc(-c3cc(N)nc(N(C)C)n3)cc2)n1. The lowest BCUT2D eigenvalue weighted by molar-refractivity contribution is 0.0950. The van der Waals surface area contributed by atoms with Crippen LogP contribution in [0.15, 0.2) is 36.4 Å². The van der Waals surface area contributed by atoms with Crippen molar-refractivity contribution < 1.29 is 4.79 Å². The van der Waals surface area contributed by atoms with E-state index in [4.69, 9.17) is 5.73 Å². The molecule has 8 nitrogen and oxygen atoms in total. The minimum Gasteiger partial charge on any atom is -0.384 e. The molecule has 2 heterocycles. The molecule has 0 saturated carbocycles. The second-order valence-corrected chi connectivity index (χ2v) is 6.70. The van der Waals surface area contributed by atoms with Gasteiger partial charge in [-0.15, -0.1) is 0 Å². The normalized spacial score (nSPS) is 10.6. The molecule has 0 aliphatic heterocycles. The molecule has 3 aromatic rings. The fourth-order valence-corrected chi connectivity index (χ4v) is 2.73. The van der Waals surface area contributed by atoms with Gasteiger partial charge in [0.2, 0.25) is 5.95 Å². The first kappa shape index (κ1) is 19.2. The van der Waals surface area contributed by atoms with Crippen molar-refractivity contribution in [2.45, 2.75) is 20.4 Å². The number of carbonyl (C=O) groups is 1. The first-order valence-corrected chi connectivity index (χ1v) is 8.83. The summed E-state index contributed by atoms with van der Waals surface area (Å²) < 4.78 is 0. The lowest BCUT2D eigenvalue weighted by Gasteiger charge is -2.12. The van der Waals surface area contributed by atoms with Crippen LogP contribution in [0.1, 0.15) is 27.6 Å². The van der Waals surface area contributed by atoms with Crippen molar-refractivity contribution in [2.24, 2.45) is 0 Å². The molecule has 3 rings (SSSR count). The molecule has 0 aliphatic rings. The summed E-state index contributed by atoms with van der Waals surface area (Å²) >= 11 is 0. The first-order chi connectivity index (χ1) is 13.3. The molecule has 1 amide bonds. The van der Waals surface area contributed by atoms with Crippen molar-refractivity contribution in [2.75, 3.05) is 24.7 Å². The van der Waals surface area contributed by atoms with Crippen LogP contribution in [0.25, 0.3) is 11.3 Å². The molecule has 0 atom stereocenters. The van der Waals surface area contributed by atoms with Gasteiger partial charge in [-0.2, -0.15) is 4.98 Å². The molecule has 0 bridgehead atoms. The predicted molar refractivity (Wildman–Crippen MR) is 109 cm³/mol. The van der Waals surface area contributed by atoms with Crippen LogP contribution >= 0.6 is 0 Å². The van der Waals surface area contributed by atoms with E-state index in [1.807, 2.05) is 46.1 Å².